The number of carbonyl (C=O) groups excluding carboxylic acids is 1. The first kappa shape index (κ1) is 20.2. The van der Waals surface area contributed by atoms with Gasteiger partial charge >= 0.3 is 5.97 Å². The van der Waals surface area contributed by atoms with Gasteiger partial charge in [0.15, 0.2) is 0 Å². The number of esters is 1. The molecule has 2 atom stereocenters. The molecule has 3 rings (SSSR count). The summed E-state index contributed by atoms with van der Waals surface area (Å²) in [6, 6.07) is 8.55. The summed E-state index contributed by atoms with van der Waals surface area (Å²) in [7, 11) is 0. The van der Waals surface area contributed by atoms with E-state index in [2.05, 4.69) is 31.2 Å². The van der Waals surface area contributed by atoms with Gasteiger partial charge in [-0.1, -0.05) is 44.7 Å². The molecular weight excluding hydrogens is 336 g/mol. The molecule has 1 aromatic rings. The molecule has 0 aliphatic heterocycles. The number of hydrogen-bond donors (Lipinski definition) is 0. The molecule has 150 valence electrons. The molecule has 3 heteroatoms. The average molecular weight is 373 g/mol. The van der Waals surface area contributed by atoms with Crippen molar-refractivity contribution in [3.8, 4) is 5.75 Å². The Labute approximate surface area is 164 Å². The Balaban J connectivity index is 1.61. The van der Waals surface area contributed by atoms with Crippen LogP contribution in [0.3, 0.4) is 0 Å². The Hall–Kier alpha value is -1.51. The van der Waals surface area contributed by atoms with Gasteiger partial charge in [-0.25, -0.2) is 0 Å². The van der Waals surface area contributed by atoms with E-state index in [9.17, 15) is 4.79 Å². The van der Waals surface area contributed by atoms with Gasteiger partial charge in [0.25, 0.3) is 0 Å². The van der Waals surface area contributed by atoms with Gasteiger partial charge in [-0.3, -0.25) is 4.79 Å². The SMILES string of the molecule is CCCCCC(=O)O[C@@H]1CCCC[C@H]1c1cccc(OC2CCCCC2)c1. The van der Waals surface area contributed by atoms with Crippen molar-refractivity contribution >= 4 is 5.97 Å². The fourth-order valence-electron chi connectivity index (χ4n) is 4.56. The molecule has 0 aromatic heterocycles. The van der Waals surface area contributed by atoms with Crippen LogP contribution in [-0.2, 0) is 9.53 Å². The van der Waals surface area contributed by atoms with Crippen molar-refractivity contribution in [1.29, 1.82) is 0 Å². The van der Waals surface area contributed by atoms with Crippen molar-refractivity contribution in [2.45, 2.75) is 109 Å². The molecule has 27 heavy (non-hydrogen) atoms. The summed E-state index contributed by atoms with van der Waals surface area (Å²) >= 11 is 0. The molecule has 2 saturated carbocycles. The van der Waals surface area contributed by atoms with E-state index in [0.29, 0.717) is 18.4 Å². The van der Waals surface area contributed by atoms with Crippen LogP contribution < -0.4 is 4.74 Å². The van der Waals surface area contributed by atoms with Crippen LogP contribution in [0.1, 0.15) is 102 Å². The summed E-state index contributed by atoms with van der Waals surface area (Å²) < 4.78 is 12.2. The van der Waals surface area contributed by atoms with Crippen LogP contribution in [0, 0.1) is 0 Å². The van der Waals surface area contributed by atoms with E-state index in [4.69, 9.17) is 9.47 Å². The van der Waals surface area contributed by atoms with E-state index in [1.807, 2.05) is 0 Å². The molecule has 2 aliphatic rings. The molecule has 0 N–H and O–H groups in total. The lowest BCUT2D eigenvalue weighted by molar-refractivity contribution is -0.151. The maximum Gasteiger partial charge on any atom is 0.306 e. The van der Waals surface area contributed by atoms with Crippen LogP contribution in [0.4, 0.5) is 0 Å². The molecule has 0 spiro atoms. The number of ether oxygens (including phenoxy) is 2. The van der Waals surface area contributed by atoms with Crippen molar-refractivity contribution in [2.75, 3.05) is 0 Å². The van der Waals surface area contributed by atoms with E-state index < -0.39 is 0 Å². The van der Waals surface area contributed by atoms with Gasteiger partial charge in [0, 0.05) is 12.3 Å². The molecule has 2 aliphatic carbocycles. The van der Waals surface area contributed by atoms with E-state index in [1.54, 1.807) is 0 Å². The maximum absolute atomic E-state index is 12.2. The normalized spacial score (nSPS) is 23.7. The van der Waals surface area contributed by atoms with Crippen molar-refractivity contribution in [2.24, 2.45) is 0 Å². The number of benzene rings is 1. The molecule has 3 nitrogen and oxygen atoms in total. The zero-order valence-corrected chi connectivity index (χ0v) is 17.0. The van der Waals surface area contributed by atoms with Gasteiger partial charge in [-0.05, 0) is 69.1 Å². The Morgan fingerprint density at radius 3 is 2.59 bits per heavy atom. The van der Waals surface area contributed by atoms with Crippen LogP contribution in [0.25, 0.3) is 0 Å². The smallest absolute Gasteiger partial charge is 0.306 e. The lowest BCUT2D eigenvalue weighted by Gasteiger charge is -2.32. The van der Waals surface area contributed by atoms with Gasteiger partial charge in [-0.2, -0.15) is 0 Å². The summed E-state index contributed by atoms with van der Waals surface area (Å²) in [5.41, 5.74) is 1.27. The number of hydrogen-bond acceptors (Lipinski definition) is 3. The fourth-order valence-corrected chi connectivity index (χ4v) is 4.56. The fraction of sp³-hybridized carbons (Fsp3) is 0.708. The highest BCUT2D eigenvalue weighted by atomic mass is 16.5. The monoisotopic (exact) mass is 372 g/mol. The van der Waals surface area contributed by atoms with E-state index in [1.165, 1.54) is 44.1 Å². The Morgan fingerprint density at radius 2 is 1.78 bits per heavy atom. The highest BCUT2D eigenvalue weighted by Crippen LogP contribution is 2.37. The summed E-state index contributed by atoms with van der Waals surface area (Å²) in [4.78, 5) is 12.2. The summed E-state index contributed by atoms with van der Waals surface area (Å²) in [6.07, 6.45) is 14.8. The molecule has 0 bridgehead atoms. The second-order valence-electron chi connectivity index (χ2n) is 8.33. The number of rotatable bonds is 8. The van der Waals surface area contributed by atoms with Crippen LogP contribution >= 0.6 is 0 Å². The van der Waals surface area contributed by atoms with E-state index >= 15 is 0 Å². The van der Waals surface area contributed by atoms with Crippen molar-refractivity contribution in [3.05, 3.63) is 29.8 Å². The maximum atomic E-state index is 12.2. The third-order valence-corrected chi connectivity index (χ3v) is 6.11. The van der Waals surface area contributed by atoms with Crippen LogP contribution in [-0.4, -0.2) is 18.2 Å². The minimum atomic E-state index is -0.0186. The van der Waals surface area contributed by atoms with Gasteiger partial charge < -0.3 is 9.47 Å². The molecule has 0 amide bonds. The molecule has 0 heterocycles. The van der Waals surface area contributed by atoms with Crippen molar-refractivity contribution in [1.82, 2.24) is 0 Å². The van der Waals surface area contributed by atoms with Crippen LogP contribution in [0.2, 0.25) is 0 Å². The minimum Gasteiger partial charge on any atom is -0.490 e. The van der Waals surface area contributed by atoms with Crippen LogP contribution in [0.5, 0.6) is 5.75 Å². The minimum absolute atomic E-state index is 0.0186. The first-order valence-corrected chi connectivity index (χ1v) is 11.2. The Morgan fingerprint density at radius 1 is 1.00 bits per heavy atom. The van der Waals surface area contributed by atoms with Crippen molar-refractivity contribution in [3.63, 3.8) is 0 Å². The first-order valence-electron chi connectivity index (χ1n) is 11.2. The predicted octanol–water partition coefficient (Wildman–Crippen LogP) is 6.55. The quantitative estimate of drug-likeness (QED) is 0.383. The zero-order chi connectivity index (χ0) is 18.9. The molecule has 0 saturated heterocycles. The zero-order valence-electron chi connectivity index (χ0n) is 17.0. The summed E-state index contributed by atoms with van der Waals surface area (Å²) in [5.74, 6) is 1.27. The average Bonchev–Trinajstić information content (AvgIpc) is 2.70. The Kier molecular flexibility index (Phi) is 8.04. The van der Waals surface area contributed by atoms with Gasteiger partial charge in [-0.15, -0.1) is 0 Å². The first-order chi connectivity index (χ1) is 13.3. The molecular formula is C24H36O3. The highest BCUT2D eigenvalue weighted by molar-refractivity contribution is 5.69. The molecule has 2 fully saturated rings. The van der Waals surface area contributed by atoms with Gasteiger partial charge in [0.1, 0.15) is 11.9 Å². The Bertz CT molecular complexity index is 577. The third kappa shape index (κ3) is 6.26. The molecule has 1 aromatic carbocycles. The standard InChI is InChI=1S/C24H36O3/c1-2-3-5-17-24(25)27-23-16-9-8-15-22(23)19-11-10-14-21(18-19)26-20-12-6-4-7-13-20/h10-11,14,18,20,22-23H,2-9,12-13,15-17H2,1H3/t22-,23+/m0/s1. The molecule has 0 unspecified atom stereocenters. The van der Waals surface area contributed by atoms with E-state index in [0.717, 1.165) is 44.3 Å². The highest BCUT2D eigenvalue weighted by Gasteiger charge is 2.30. The van der Waals surface area contributed by atoms with Crippen molar-refractivity contribution < 1.29 is 14.3 Å². The number of carbonyl (C=O) groups is 1. The van der Waals surface area contributed by atoms with Crippen LogP contribution in [0.15, 0.2) is 24.3 Å². The summed E-state index contributed by atoms with van der Waals surface area (Å²) in [5, 5.41) is 0. The third-order valence-electron chi connectivity index (χ3n) is 6.11. The second-order valence-corrected chi connectivity index (χ2v) is 8.33. The lowest BCUT2D eigenvalue weighted by atomic mass is 9.81. The lowest BCUT2D eigenvalue weighted by Crippen LogP contribution is -2.28. The second kappa shape index (κ2) is 10.7. The largest absolute Gasteiger partial charge is 0.490 e. The summed E-state index contributed by atoms with van der Waals surface area (Å²) in [6.45, 7) is 2.16. The number of unbranched alkanes of at least 4 members (excludes halogenated alkanes) is 2. The molecule has 0 radical (unpaired) electrons. The van der Waals surface area contributed by atoms with Gasteiger partial charge in [0.2, 0.25) is 0 Å². The topological polar surface area (TPSA) is 35.5 Å². The predicted molar refractivity (Wildman–Crippen MR) is 109 cm³/mol. The van der Waals surface area contributed by atoms with E-state index in [-0.39, 0.29) is 12.1 Å². The van der Waals surface area contributed by atoms with Gasteiger partial charge in [0.05, 0.1) is 6.10 Å².